The number of rotatable bonds is 0. The number of hydrogen-bond acceptors (Lipinski definition) is 1. The molecule has 1 aromatic carbocycles. The molecule has 0 aliphatic heterocycles. The van der Waals surface area contributed by atoms with Gasteiger partial charge >= 0.3 is 0 Å². The second-order valence-corrected chi connectivity index (χ2v) is 1.77. The average Bonchev–Trinajstić information content (AvgIpc) is 2.21. The third-order valence-corrected chi connectivity index (χ3v) is 1.10. The monoisotopic (exact) mass is 158 g/mol. The Balaban J connectivity index is 0.000000561. The van der Waals surface area contributed by atoms with Crippen LogP contribution in [-0.2, 0) is 0 Å². The molecule has 2 heteroatoms. The van der Waals surface area contributed by atoms with Crippen molar-refractivity contribution < 1.29 is 0 Å². The van der Waals surface area contributed by atoms with Crippen LogP contribution in [0.4, 0.5) is 5.69 Å². The van der Waals surface area contributed by atoms with Gasteiger partial charge in [0.2, 0.25) is 0 Å². The largest absolute Gasteiger partial charge is 0.238 e. The highest BCUT2D eigenvalue weighted by atomic mass is 14.6. The Labute approximate surface area is 72.9 Å². The van der Waals surface area contributed by atoms with Gasteiger partial charge < -0.3 is 0 Å². The Morgan fingerprint density at radius 2 is 2.08 bits per heavy atom. The van der Waals surface area contributed by atoms with Crippen LogP contribution in [0.3, 0.4) is 0 Å². The highest BCUT2D eigenvalue weighted by Crippen LogP contribution is 2.12. The zero-order valence-corrected chi connectivity index (χ0v) is 7.20. The van der Waals surface area contributed by atoms with Crippen molar-refractivity contribution in [2.75, 3.05) is 0 Å². The molecule has 0 saturated heterocycles. The first-order valence-electron chi connectivity index (χ1n) is 3.74. The van der Waals surface area contributed by atoms with Gasteiger partial charge in [-0.05, 0) is 12.1 Å². The van der Waals surface area contributed by atoms with Crippen molar-refractivity contribution in [2.45, 2.75) is 13.8 Å². The van der Waals surface area contributed by atoms with Gasteiger partial charge in [0.25, 0.3) is 0 Å². The topological polar surface area (TPSA) is 28.1 Å². The van der Waals surface area contributed by atoms with Crippen molar-refractivity contribution in [3.8, 4) is 6.07 Å². The zero-order valence-electron chi connectivity index (χ0n) is 7.20. The van der Waals surface area contributed by atoms with Gasteiger partial charge in [0.05, 0.1) is 12.6 Å². The molecule has 0 aliphatic carbocycles. The lowest BCUT2D eigenvalue weighted by molar-refractivity contribution is 1.49. The molecule has 0 spiro atoms. The fourth-order valence-corrected chi connectivity index (χ4v) is 0.645. The summed E-state index contributed by atoms with van der Waals surface area (Å²) < 4.78 is 0. The van der Waals surface area contributed by atoms with Crippen molar-refractivity contribution in [3.05, 3.63) is 41.2 Å². The molecule has 0 bridgehead atoms. The van der Waals surface area contributed by atoms with E-state index in [9.17, 15) is 0 Å². The van der Waals surface area contributed by atoms with E-state index >= 15 is 0 Å². The Bertz CT molecular complexity index is 286. The normalized spacial score (nSPS) is 7.00. The van der Waals surface area contributed by atoms with Crippen LogP contribution < -0.4 is 0 Å². The molecule has 0 atom stereocenters. The molecule has 60 valence electrons. The standard InChI is InChI=1S/C8H4N2.C2H6/c1-10-8-4-2-3-7(5-8)6-9;1-2/h2-5H;1-2H3. The van der Waals surface area contributed by atoms with E-state index in [4.69, 9.17) is 11.8 Å². The molecule has 0 amide bonds. The molecule has 2 nitrogen and oxygen atoms in total. The fraction of sp³-hybridized carbons (Fsp3) is 0.200. The number of nitriles is 1. The van der Waals surface area contributed by atoms with Gasteiger partial charge in [0.15, 0.2) is 5.69 Å². The Hall–Kier alpha value is -1.80. The highest BCUT2D eigenvalue weighted by molar-refractivity contribution is 5.49. The number of benzene rings is 1. The van der Waals surface area contributed by atoms with E-state index in [-0.39, 0.29) is 0 Å². The van der Waals surface area contributed by atoms with Crippen LogP contribution >= 0.6 is 0 Å². The minimum Gasteiger partial charge on any atom is -0.238 e. The lowest BCUT2D eigenvalue weighted by atomic mass is 10.2. The molecular weight excluding hydrogens is 148 g/mol. The van der Waals surface area contributed by atoms with E-state index < -0.39 is 0 Å². The summed E-state index contributed by atoms with van der Waals surface area (Å²) in [5, 5.41) is 8.40. The van der Waals surface area contributed by atoms with Gasteiger partial charge in [-0.1, -0.05) is 26.0 Å². The number of nitrogens with zero attached hydrogens (tertiary/aromatic N) is 2. The predicted molar refractivity (Wildman–Crippen MR) is 48.8 cm³/mol. The van der Waals surface area contributed by atoms with E-state index in [0.717, 1.165) is 0 Å². The molecule has 1 rings (SSSR count). The Morgan fingerprint density at radius 1 is 1.42 bits per heavy atom. The van der Waals surface area contributed by atoms with E-state index in [1.54, 1.807) is 24.3 Å². The molecule has 12 heavy (non-hydrogen) atoms. The number of hydrogen-bond donors (Lipinski definition) is 0. The maximum absolute atomic E-state index is 8.40. The van der Waals surface area contributed by atoms with E-state index in [0.29, 0.717) is 11.3 Å². The molecule has 0 unspecified atom stereocenters. The van der Waals surface area contributed by atoms with E-state index in [1.807, 2.05) is 19.9 Å². The lowest BCUT2D eigenvalue weighted by Gasteiger charge is -1.86. The molecule has 0 fully saturated rings. The van der Waals surface area contributed by atoms with Crippen LogP contribution in [0.1, 0.15) is 19.4 Å². The van der Waals surface area contributed by atoms with Gasteiger partial charge in [-0.25, -0.2) is 4.85 Å². The lowest BCUT2D eigenvalue weighted by Crippen LogP contribution is -1.68. The van der Waals surface area contributed by atoms with E-state index in [2.05, 4.69) is 4.85 Å². The second-order valence-electron chi connectivity index (χ2n) is 1.77. The van der Waals surface area contributed by atoms with Crippen molar-refractivity contribution >= 4 is 5.69 Å². The maximum atomic E-state index is 8.40. The van der Waals surface area contributed by atoms with Gasteiger partial charge in [0.1, 0.15) is 0 Å². The summed E-state index contributed by atoms with van der Waals surface area (Å²) in [5.41, 5.74) is 1.05. The first kappa shape index (κ1) is 10.2. The van der Waals surface area contributed by atoms with Gasteiger partial charge in [-0.2, -0.15) is 5.26 Å². The van der Waals surface area contributed by atoms with Crippen molar-refractivity contribution in [1.82, 2.24) is 0 Å². The Kier molecular flexibility index (Phi) is 5.05. The van der Waals surface area contributed by atoms with Gasteiger partial charge in [-0.3, -0.25) is 0 Å². The molecule has 1 aromatic rings. The maximum Gasteiger partial charge on any atom is 0.188 e. The molecule has 0 radical (unpaired) electrons. The van der Waals surface area contributed by atoms with Crippen LogP contribution in [0.25, 0.3) is 4.85 Å². The summed E-state index contributed by atoms with van der Waals surface area (Å²) in [4.78, 5) is 3.18. The minimum absolute atomic E-state index is 0.513. The van der Waals surface area contributed by atoms with Crippen LogP contribution in [0.2, 0.25) is 0 Å². The smallest absolute Gasteiger partial charge is 0.188 e. The summed E-state index contributed by atoms with van der Waals surface area (Å²) in [6.07, 6.45) is 0. The van der Waals surface area contributed by atoms with Gasteiger partial charge in [-0.15, -0.1) is 0 Å². The van der Waals surface area contributed by atoms with Crippen LogP contribution in [0.5, 0.6) is 0 Å². The van der Waals surface area contributed by atoms with Crippen LogP contribution in [0.15, 0.2) is 24.3 Å². The average molecular weight is 158 g/mol. The molecule has 0 aliphatic rings. The predicted octanol–water partition coefficient (Wildman–Crippen LogP) is 3.14. The van der Waals surface area contributed by atoms with E-state index in [1.165, 1.54) is 0 Å². The second kappa shape index (κ2) is 5.95. The molecule has 0 heterocycles. The minimum atomic E-state index is 0.513. The van der Waals surface area contributed by atoms with Crippen LogP contribution in [0, 0.1) is 17.9 Å². The van der Waals surface area contributed by atoms with Gasteiger partial charge in [0, 0.05) is 5.56 Å². The highest BCUT2D eigenvalue weighted by Gasteiger charge is 1.90. The third-order valence-electron chi connectivity index (χ3n) is 1.10. The summed E-state index contributed by atoms with van der Waals surface area (Å²) in [5.74, 6) is 0. The SMILES string of the molecule is CC.[C-]#[N+]c1cccc(C#N)c1. The molecule has 0 N–H and O–H groups in total. The summed E-state index contributed by atoms with van der Waals surface area (Å²) in [6.45, 7) is 10.6. The van der Waals surface area contributed by atoms with Crippen molar-refractivity contribution in [1.29, 1.82) is 5.26 Å². The zero-order chi connectivity index (χ0) is 9.40. The third kappa shape index (κ3) is 2.86. The molecule has 0 aromatic heterocycles. The van der Waals surface area contributed by atoms with Crippen molar-refractivity contribution in [3.63, 3.8) is 0 Å². The van der Waals surface area contributed by atoms with Crippen molar-refractivity contribution in [2.24, 2.45) is 0 Å². The molecule has 0 saturated carbocycles. The summed E-state index contributed by atoms with van der Waals surface area (Å²) in [7, 11) is 0. The van der Waals surface area contributed by atoms with Crippen LogP contribution in [-0.4, -0.2) is 0 Å². The summed E-state index contributed by atoms with van der Waals surface area (Å²) in [6, 6.07) is 8.57. The summed E-state index contributed by atoms with van der Waals surface area (Å²) >= 11 is 0. The quantitative estimate of drug-likeness (QED) is 0.533. The first-order valence-corrected chi connectivity index (χ1v) is 3.74. The molecular formula is C10H10N2. The fourth-order valence-electron chi connectivity index (χ4n) is 0.645. The Morgan fingerprint density at radius 3 is 2.58 bits per heavy atom. The first-order chi connectivity index (χ1) is 5.86.